The Bertz CT molecular complexity index is 951. The van der Waals surface area contributed by atoms with Crippen LogP contribution in [-0.4, -0.2) is 0 Å². The molecule has 1 aliphatic heterocycles. The first kappa shape index (κ1) is 15.2. The first-order chi connectivity index (χ1) is 11.5. The van der Waals surface area contributed by atoms with Gasteiger partial charge in [-0.2, -0.15) is 0 Å². The van der Waals surface area contributed by atoms with Crippen molar-refractivity contribution < 1.29 is 0 Å². The molecule has 0 amide bonds. The molecule has 0 radical (unpaired) electrons. The highest BCUT2D eigenvalue weighted by molar-refractivity contribution is 8.11. The van der Waals surface area contributed by atoms with Gasteiger partial charge in [0.05, 0.1) is 0 Å². The minimum atomic E-state index is 0.00683. The predicted molar refractivity (Wildman–Crippen MR) is 106 cm³/mol. The van der Waals surface area contributed by atoms with Crippen LogP contribution in [0.15, 0.2) is 62.1 Å². The normalized spacial score (nSPS) is 19.6. The van der Waals surface area contributed by atoms with Gasteiger partial charge in [-0.15, -0.1) is 0 Å². The van der Waals surface area contributed by atoms with E-state index in [9.17, 15) is 0 Å². The van der Waals surface area contributed by atoms with Crippen molar-refractivity contribution in [1.82, 2.24) is 0 Å². The summed E-state index contributed by atoms with van der Waals surface area (Å²) in [5.74, 6) is 0. The maximum atomic E-state index is 6.28. The molecule has 2 aromatic carbocycles. The summed E-state index contributed by atoms with van der Waals surface area (Å²) in [6.45, 7) is 4.62. The number of fused-ring (bicyclic) bond motifs is 5. The Morgan fingerprint density at radius 3 is 2.17 bits per heavy atom. The highest BCUT2D eigenvalue weighted by Crippen LogP contribution is 2.57. The zero-order valence-electron chi connectivity index (χ0n) is 13.7. The molecule has 0 unspecified atom stereocenters. The summed E-state index contributed by atoms with van der Waals surface area (Å²) in [4.78, 5) is 5.67. The van der Waals surface area contributed by atoms with E-state index in [0.717, 1.165) is 5.02 Å². The van der Waals surface area contributed by atoms with Crippen molar-refractivity contribution in [3.63, 3.8) is 0 Å². The van der Waals surface area contributed by atoms with Gasteiger partial charge in [0.1, 0.15) is 0 Å². The molecule has 0 N–H and O–H groups in total. The Labute approximate surface area is 156 Å². The summed E-state index contributed by atoms with van der Waals surface area (Å²) in [6.07, 6.45) is 7.12. The number of hydrogen-bond donors (Lipinski definition) is 0. The fourth-order valence-corrected chi connectivity index (χ4v) is 6.51. The second-order valence-corrected chi connectivity index (χ2v) is 9.68. The summed E-state index contributed by atoms with van der Waals surface area (Å²) < 4.78 is 0. The number of rotatable bonds is 0. The van der Waals surface area contributed by atoms with Crippen LogP contribution in [0.25, 0.3) is 11.1 Å². The molecule has 0 saturated carbocycles. The number of allylic oxidation sites excluding steroid dienone is 2. The molecular formula is C21H17ClS2. The number of benzene rings is 2. The van der Waals surface area contributed by atoms with Gasteiger partial charge in [0.2, 0.25) is 0 Å². The monoisotopic (exact) mass is 368 g/mol. The third kappa shape index (κ3) is 2.09. The Morgan fingerprint density at radius 2 is 1.46 bits per heavy atom. The van der Waals surface area contributed by atoms with E-state index < -0.39 is 0 Å². The highest BCUT2D eigenvalue weighted by atomic mass is 35.5. The Hall–Kier alpha value is -1.09. The van der Waals surface area contributed by atoms with E-state index in [1.54, 1.807) is 0 Å². The fraction of sp³-hybridized carbons (Fsp3) is 0.238. The van der Waals surface area contributed by atoms with Crippen molar-refractivity contribution in [2.45, 2.75) is 41.9 Å². The summed E-state index contributed by atoms with van der Waals surface area (Å²) in [5, 5.41) is 0.824. The molecule has 0 bridgehead atoms. The molecule has 120 valence electrons. The highest BCUT2D eigenvalue weighted by Gasteiger charge is 2.37. The van der Waals surface area contributed by atoms with E-state index in [1.807, 2.05) is 29.6 Å². The van der Waals surface area contributed by atoms with Gasteiger partial charge < -0.3 is 0 Å². The lowest BCUT2D eigenvalue weighted by molar-refractivity contribution is 0.657. The number of thioether (sulfide) groups is 2. The van der Waals surface area contributed by atoms with Crippen molar-refractivity contribution in [2.24, 2.45) is 0 Å². The predicted octanol–water partition coefficient (Wildman–Crippen LogP) is 7.41. The molecule has 5 rings (SSSR count). The minimum Gasteiger partial charge on any atom is -0.0881 e. The van der Waals surface area contributed by atoms with E-state index in [-0.39, 0.29) is 5.41 Å². The Balaban J connectivity index is 1.72. The van der Waals surface area contributed by atoms with Gasteiger partial charge in [0.25, 0.3) is 0 Å². The molecule has 0 aromatic heterocycles. The first-order valence-corrected chi connectivity index (χ1v) is 10.3. The summed E-state index contributed by atoms with van der Waals surface area (Å²) >= 11 is 10.1. The smallest absolute Gasteiger partial charge is 0.0409 e. The van der Waals surface area contributed by atoms with E-state index >= 15 is 0 Å². The quantitative estimate of drug-likeness (QED) is 0.474. The summed E-state index contributed by atoms with van der Waals surface area (Å²) in [7, 11) is 0. The van der Waals surface area contributed by atoms with Crippen LogP contribution in [0.3, 0.4) is 0 Å². The molecule has 24 heavy (non-hydrogen) atoms. The molecular weight excluding hydrogens is 352 g/mol. The van der Waals surface area contributed by atoms with E-state index in [1.165, 1.54) is 54.7 Å². The lowest BCUT2D eigenvalue weighted by Crippen LogP contribution is -2.15. The molecule has 3 aliphatic rings. The summed E-state index contributed by atoms with van der Waals surface area (Å²) in [6, 6.07) is 11.2. The Morgan fingerprint density at radius 1 is 0.833 bits per heavy atom. The second kappa shape index (κ2) is 5.20. The molecule has 0 fully saturated rings. The van der Waals surface area contributed by atoms with Crippen molar-refractivity contribution in [3.8, 4) is 11.1 Å². The van der Waals surface area contributed by atoms with Crippen LogP contribution in [0, 0.1) is 0 Å². The van der Waals surface area contributed by atoms with Gasteiger partial charge >= 0.3 is 0 Å². The SMILES string of the molecule is CC1(C)c2cc(Cl)ccc2-c2cc3c(cc21)SC1=CCCC=C1S3. The Kier molecular flexibility index (Phi) is 3.29. The van der Waals surface area contributed by atoms with Crippen LogP contribution in [0.2, 0.25) is 5.02 Å². The largest absolute Gasteiger partial charge is 0.0881 e. The average Bonchev–Trinajstić information content (AvgIpc) is 2.78. The van der Waals surface area contributed by atoms with Crippen LogP contribution in [0.1, 0.15) is 37.8 Å². The zero-order chi connectivity index (χ0) is 16.5. The molecule has 1 heterocycles. The molecule has 2 aliphatic carbocycles. The van der Waals surface area contributed by atoms with Crippen LogP contribution < -0.4 is 0 Å². The standard InChI is InChI=1S/C21H17ClS2/c1-21(2)15-9-12(22)7-8-13(15)14-10-19-20(11-16(14)21)24-18-6-4-3-5-17(18)23-19/h5-11H,3-4H2,1-2H3. The van der Waals surface area contributed by atoms with Gasteiger partial charge in [-0.3, -0.25) is 0 Å². The van der Waals surface area contributed by atoms with Gasteiger partial charge in [0, 0.05) is 30.0 Å². The van der Waals surface area contributed by atoms with Crippen LogP contribution in [0.4, 0.5) is 0 Å². The molecule has 0 spiro atoms. The molecule has 2 aromatic rings. The van der Waals surface area contributed by atoms with E-state index in [4.69, 9.17) is 11.6 Å². The van der Waals surface area contributed by atoms with Crippen molar-refractivity contribution in [2.75, 3.05) is 0 Å². The topological polar surface area (TPSA) is 0 Å². The van der Waals surface area contributed by atoms with Gasteiger partial charge in [-0.05, 0) is 59.4 Å². The zero-order valence-corrected chi connectivity index (χ0v) is 16.0. The van der Waals surface area contributed by atoms with Crippen LogP contribution in [-0.2, 0) is 5.41 Å². The lowest BCUT2D eigenvalue weighted by atomic mass is 9.82. The molecule has 0 nitrogen and oxygen atoms in total. The van der Waals surface area contributed by atoms with Gasteiger partial charge in [-0.1, -0.05) is 67.2 Å². The maximum absolute atomic E-state index is 6.28. The van der Waals surface area contributed by atoms with Gasteiger partial charge in [0.15, 0.2) is 0 Å². The molecule has 0 saturated heterocycles. The lowest BCUT2D eigenvalue weighted by Gasteiger charge is -2.26. The minimum absolute atomic E-state index is 0.00683. The van der Waals surface area contributed by atoms with Crippen LogP contribution in [0.5, 0.6) is 0 Å². The van der Waals surface area contributed by atoms with Gasteiger partial charge in [-0.25, -0.2) is 0 Å². The van der Waals surface area contributed by atoms with E-state index in [2.05, 4.69) is 50.3 Å². The van der Waals surface area contributed by atoms with Crippen molar-refractivity contribution in [3.05, 3.63) is 68.4 Å². The fourth-order valence-electron chi connectivity index (χ4n) is 3.92. The maximum Gasteiger partial charge on any atom is 0.0409 e. The van der Waals surface area contributed by atoms with E-state index in [0.29, 0.717) is 0 Å². The number of hydrogen-bond acceptors (Lipinski definition) is 2. The second-order valence-electron chi connectivity index (χ2n) is 7.08. The van der Waals surface area contributed by atoms with Crippen molar-refractivity contribution in [1.29, 1.82) is 0 Å². The average molecular weight is 369 g/mol. The third-order valence-electron chi connectivity index (χ3n) is 5.21. The van der Waals surface area contributed by atoms with Crippen LogP contribution >= 0.6 is 35.1 Å². The first-order valence-electron chi connectivity index (χ1n) is 8.29. The summed E-state index contributed by atoms with van der Waals surface area (Å²) in [5.41, 5.74) is 5.50. The molecule has 0 atom stereocenters. The van der Waals surface area contributed by atoms with Crippen molar-refractivity contribution >= 4 is 35.1 Å². The molecule has 3 heteroatoms. The third-order valence-corrected chi connectivity index (χ3v) is 8.03. The number of halogens is 1.